The number of benzene rings is 3. The molecule has 38 heavy (non-hydrogen) atoms. The van der Waals surface area contributed by atoms with E-state index in [0.717, 1.165) is 11.1 Å². The number of carbonyl (C=O) groups excluding carboxylic acids is 1. The number of ketones is 1. The lowest BCUT2D eigenvalue weighted by atomic mass is 10.0. The van der Waals surface area contributed by atoms with Gasteiger partial charge in [-0.2, -0.15) is 0 Å². The summed E-state index contributed by atoms with van der Waals surface area (Å²) >= 11 is 0. The first kappa shape index (κ1) is 39.4. The Hall–Kier alpha value is -3.15. The summed E-state index contributed by atoms with van der Waals surface area (Å²) in [6, 6.07) is 27.2. The van der Waals surface area contributed by atoms with Gasteiger partial charge in [-0.15, -0.1) is 12.4 Å². The lowest BCUT2D eigenvalue weighted by Crippen LogP contribution is -2.24. The Morgan fingerprint density at radius 2 is 1.03 bits per heavy atom. The average Bonchev–Trinajstić information content (AvgIpc) is 2.94. The van der Waals surface area contributed by atoms with Gasteiger partial charge in [-0.3, -0.25) is 4.79 Å². The molecule has 0 saturated heterocycles. The van der Waals surface area contributed by atoms with Crippen molar-refractivity contribution in [3.8, 4) is 0 Å². The smallest absolute Gasteiger partial charge is 0.162 e. The lowest BCUT2D eigenvalue weighted by Gasteiger charge is -2.13. The van der Waals surface area contributed by atoms with Crippen LogP contribution in [0.4, 0.5) is 0 Å². The van der Waals surface area contributed by atoms with Gasteiger partial charge >= 0.3 is 0 Å². The van der Waals surface area contributed by atoms with Crippen LogP contribution in [0.3, 0.4) is 0 Å². The molecule has 9 nitrogen and oxygen atoms in total. The fourth-order valence-corrected chi connectivity index (χ4v) is 2.76. The number of oxime groups is 1. The third kappa shape index (κ3) is 15.2. The van der Waals surface area contributed by atoms with Crippen LogP contribution in [0.5, 0.6) is 0 Å². The summed E-state index contributed by atoms with van der Waals surface area (Å²) in [6.07, 6.45) is -2.32. The van der Waals surface area contributed by atoms with Crippen molar-refractivity contribution in [3.63, 3.8) is 0 Å². The zero-order valence-electron chi connectivity index (χ0n) is 21.1. The molecule has 9 N–H and O–H groups in total. The van der Waals surface area contributed by atoms with Crippen molar-refractivity contribution >= 4 is 23.9 Å². The fourth-order valence-electron chi connectivity index (χ4n) is 2.76. The van der Waals surface area contributed by atoms with Gasteiger partial charge in [0.25, 0.3) is 0 Å². The summed E-state index contributed by atoms with van der Waals surface area (Å²) in [5.74, 6) is 3.27. The third-order valence-corrected chi connectivity index (χ3v) is 4.81. The zero-order chi connectivity index (χ0) is 27.5. The monoisotopic (exact) mass is 551 g/mol. The number of carbonyl (C=O) groups is 1. The molecule has 0 saturated carbocycles. The molecule has 212 valence electrons. The Labute approximate surface area is 231 Å². The van der Waals surface area contributed by atoms with Crippen molar-refractivity contribution in [2.75, 3.05) is 0 Å². The lowest BCUT2D eigenvalue weighted by molar-refractivity contribution is -0.125. The number of nitrogens with zero attached hydrogens (tertiary/aromatic N) is 1. The van der Waals surface area contributed by atoms with E-state index in [0.29, 0.717) is 11.3 Å². The Kier molecular flexibility index (Phi) is 23.8. The molecular formula is C28H42ClN3O6. The highest BCUT2D eigenvalue weighted by molar-refractivity contribution is 5.86. The molecule has 3 aromatic rings. The Balaban J connectivity index is -0.000000456. The first-order valence-corrected chi connectivity index (χ1v) is 11.1. The van der Waals surface area contributed by atoms with E-state index in [-0.39, 0.29) is 31.7 Å². The minimum absolute atomic E-state index is 0. The Morgan fingerprint density at radius 1 is 0.711 bits per heavy atom. The third-order valence-electron chi connectivity index (χ3n) is 4.81. The molecular weight excluding hydrogens is 510 g/mol. The quantitative estimate of drug-likeness (QED) is 0.134. The second kappa shape index (κ2) is 23.0. The van der Waals surface area contributed by atoms with Gasteiger partial charge in [-0.25, -0.2) is 5.90 Å². The van der Waals surface area contributed by atoms with Gasteiger partial charge in [-0.1, -0.05) is 104 Å². The molecule has 0 aliphatic heterocycles. The first-order chi connectivity index (χ1) is 17.2. The number of rotatable bonds is 6. The van der Waals surface area contributed by atoms with Crippen molar-refractivity contribution in [2.45, 2.75) is 52.6 Å². The second-order valence-electron chi connectivity index (χ2n) is 7.69. The summed E-state index contributed by atoms with van der Waals surface area (Å²) in [7, 11) is 0. The summed E-state index contributed by atoms with van der Waals surface area (Å²) < 4.78 is 0. The van der Waals surface area contributed by atoms with Gasteiger partial charge in [0.15, 0.2) is 5.78 Å². The predicted octanol–water partition coefficient (Wildman–Crippen LogP) is 4.34. The highest BCUT2D eigenvalue weighted by Crippen LogP contribution is 2.14. The highest BCUT2D eigenvalue weighted by Gasteiger charge is 2.11. The van der Waals surface area contributed by atoms with E-state index in [2.05, 4.69) is 11.1 Å². The number of halogens is 1. The topological polar surface area (TPSA) is 183 Å². The standard InChI is InChI=1S/C9H11NO2.C9H13NO.C9H10O2.CH4.ClH.H3NO/c1-7(10-12)9(11)8-5-3-2-4-6-8;2*1-7(10)9(11)8-5-3-2-4-6-8;;;1-2/h2-6,9,11-12H,1H3;2-7,9,11H,10H2,1H3;2-6,9,11H,1H3;1H4;1H;2H,1H2/b10-7+;;;;;/t9-;7-,9-;9-;;;/m000.../s1. The van der Waals surface area contributed by atoms with Crippen LogP contribution in [-0.4, -0.2) is 43.3 Å². The molecule has 4 atom stereocenters. The Morgan fingerprint density at radius 3 is 1.32 bits per heavy atom. The molecule has 0 radical (unpaired) electrons. The van der Waals surface area contributed by atoms with Crippen molar-refractivity contribution < 1.29 is 30.5 Å². The number of nitrogens with two attached hydrogens (primary N) is 2. The number of Topliss-reactive ketones (excluding diaryl/α,β-unsaturated/α-hetero) is 1. The predicted molar refractivity (Wildman–Crippen MR) is 153 cm³/mol. The van der Waals surface area contributed by atoms with Crippen LogP contribution in [0, 0.1) is 0 Å². The van der Waals surface area contributed by atoms with Crippen LogP contribution in [0.15, 0.2) is 96.2 Å². The maximum absolute atomic E-state index is 10.7. The van der Waals surface area contributed by atoms with Crippen LogP contribution in [0.2, 0.25) is 0 Å². The van der Waals surface area contributed by atoms with E-state index >= 15 is 0 Å². The summed E-state index contributed by atoms with van der Waals surface area (Å²) in [5.41, 5.74) is 8.07. The van der Waals surface area contributed by atoms with Gasteiger partial charge in [-0.05, 0) is 37.5 Å². The average molecular weight is 552 g/mol. The summed E-state index contributed by atoms with van der Waals surface area (Å²) in [6.45, 7) is 4.73. The van der Waals surface area contributed by atoms with E-state index in [1.54, 1.807) is 50.2 Å². The van der Waals surface area contributed by atoms with Gasteiger partial charge in [0.2, 0.25) is 0 Å². The van der Waals surface area contributed by atoms with Gasteiger partial charge in [0.05, 0.1) is 11.8 Å². The van der Waals surface area contributed by atoms with Gasteiger partial charge in [0.1, 0.15) is 12.2 Å². The minimum Gasteiger partial charge on any atom is -0.411 e. The number of hydrogen-bond donors (Lipinski definition) is 7. The Bertz CT molecular complexity index is 993. The van der Waals surface area contributed by atoms with E-state index in [4.69, 9.17) is 16.1 Å². The van der Waals surface area contributed by atoms with Crippen molar-refractivity contribution in [3.05, 3.63) is 108 Å². The summed E-state index contributed by atoms with van der Waals surface area (Å²) in [4.78, 5) is 10.7. The molecule has 0 bridgehead atoms. The van der Waals surface area contributed by atoms with Gasteiger partial charge in [0, 0.05) is 6.04 Å². The molecule has 0 aliphatic rings. The van der Waals surface area contributed by atoms with Crippen molar-refractivity contribution in [1.82, 2.24) is 0 Å². The molecule has 0 amide bonds. The summed E-state index contributed by atoms with van der Waals surface area (Å²) in [5, 5.41) is 46.0. The van der Waals surface area contributed by atoms with E-state index in [1.807, 2.05) is 54.6 Å². The molecule has 0 unspecified atom stereocenters. The van der Waals surface area contributed by atoms with Crippen LogP contribution in [-0.2, 0) is 4.79 Å². The van der Waals surface area contributed by atoms with E-state index in [9.17, 15) is 20.1 Å². The molecule has 0 aliphatic carbocycles. The largest absolute Gasteiger partial charge is 0.411 e. The molecule has 0 heterocycles. The fraction of sp³-hybridized carbons (Fsp3) is 0.286. The molecule has 3 rings (SSSR count). The molecule has 0 fully saturated rings. The normalized spacial score (nSPS) is 12.9. The van der Waals surface area contributed by atoms with Crippen molar-refractivity contribution in [2.24, 2.45) is 16.8 Å². The van der Waals surface area contributed by atoms with Crippen LogP contribution in [0.25, 0.3) is 0 Å². The van der Waals surface area contributed by atoms with Crippen LogP contribution in [0.1, 0.15) is 63.2 Å². The van der Waals surface area contributed by atoms with Crippen LogP contribution >= 0.6 is 12.4 Å². The second-order valence-corrected chi connectivity index (χ2v) is 7.69. The first-order valence-electron chi connectivity index (χ1n) is 11.1. The van der Waals surface area contributed by atoms with E-state index < -0.39 is 18.3 Å². The number of hydrogen-bond acceptors (Lipinski definition) is 9. The van der Waals surface area contributed by atoms with Gasteiger partial charge < -0.3 is 31.5 Å². The molecule has 10 heteroatoms. The maximum Gasteiger partial charge on any atom is 0.162 e. The zero-order valence-corrected chi connectivity index (χ0v) is 21.9. The molecule has 0 spiro atoms. The SMILES string of the molecule is C.C/C(=N\O)[C@H](O)c1ccccc1.CC(=O)[C@H](O)c1ccccc1.C[C@H](N)[C@H](O)c1ccccc1.Cl.NO. The number of aliphatic hydroxyl groups excluding tert-OH is 3. The van der Waals surface area contributed by atoms with Crippen LogP contribution < -0.4 is 11.6 Å². The van der Waals surface area contributed by atoms with E-state index in [1.165, 1.54) is 6.92 Å². The highest BCUT2D eigenvalue weighted by atomic mass is 35.5. The molecule has 0 aromatic heterocycles. The number of aliphatic hydroxyl groups is 3. The molecule has 3 aromatic carbocycles. The van der Waals surface area contributed by atoms with Crippen molar-refractivity contribution in [1.29, 1.82) is 0 Å². The minimum atomic E-state index is -0.962. The maximum atomic E-state index is 10.7.